The van der Waals surface area contributed by atoms with Crippen molar-refractivity contribution in [3.05, 3.63) is 58.0 Å². The fourth-order valence-electron chi connectivity index (χ4n) is 1.70. The first-order valence-electron chi connectivity index (χ1n) is 5.14. The normalized spacial score (nSPS) is 10.4. The second-order valence-corrected chi connectivity index (χ2v) is 3.94. The number of hydrogen-bond donors (Lipinski definition) is 1. The molecule has 0 atom stereocenters. The molecule has 16 heavy (non-hydrogen) atoms. The fourth-order valence-corrected chi connectivity index (χ4v) is 1.70. The Hall–Kier alpha value is -2.03. The number of aryl methyl sites for hydroxylation is 2. The summed E-state index contributed by atoms with van der Waals surface area (Å²) in [7, 11) is 0. The van der Waals surface area contributed by atoms with Gasteiger partial charge in [0, 0.05) is 23.6 Å². The molecule has 0 saturated carbocycles. The molecule has 2 aromatic rings. The molecule has 3 nitrogen and oxygen atoms in total. The van der Waals surface area contributed by atoms with Gasteiger partial charge in [-0.05, 0) is 31.5 Å². The van der Waals surface area contributed by atoms with Gasteiger partial charge in [-0.1, -0.05) is 12.1 Å². The molecular formula is C13H14N2O. The summed E-state index contributed by atoms with van der Waals surface area (Å²) in [5, 5.41) is 0. The third-order valence-corrected chi connectivity index (χ3v) is 2.55. The van der Waals surface area contributed by atoms with E-state index >= 15 is 0 Å². The highest BCUT2D eigenvalue weighted by Crippen LogP contribution is 2.13. The van der Waals surface area contributed by atoms with Crippen molar-refractivity contribution in [2.75, 3.05) is 5.73 Å². The van der Waals surface area contributed by atoms with Crippen LogP contribution in [0.25, 0.3) is 5.69 Å². The van der Waals surface area contributed by atoms with Crippen molar-refractivity contribution in [3.63, 3.8) is 0 Å². The second kappa shape index (κ2) is 3.85. The Labute approximate surface area is 94.1 Å². The van der Waals surface area contributed by atoms with Gasteiger partial charge in [0.05, 0.1) is 5.69 Å². The topological polar surface area (TPSA) is 48.0 Å². The molecule has 1 heterocycles. The lowest BCUT2D eigenvalue weighted by atomic mass is 10.2. The van der Waals surface area contributed by atoms with Gasteiger partial charge < -0.3 is 10.3 Å². The zero-order valence-corrected chi connectivity index (χ0v) is 9.40. The van der Waals surface area contributed by atoms with Crippen molar-refractivity contribution in [2.24, 2.45) is 0 Å². The zero-order chi connectivity index (χ0) is 11.7. The van der Waals surface area contributed by atoms with Crippen LogP contribution in [-0.2, 0) is 0 Å². The molecule has 0 aliphatic carbocycles. The summed E-state index contributed by atoms with van der Waals surface area (Å²) in [5.41, 5.74) is 8.85. The number of hydrogen-bond acceptors (Lipinski definition) is 2. The molecule has 2 rings (SSSR count). The van der Waals surface area contributed by atoms with E-state index < -0.39 is 0 Å². The van der Waals surface area contributed by atoms with Gasteiger partial charge in [0.2, 0.25) is 5.43 Å². The number of anilines is 1. The van der Waals surface area contributed by atoms with E-state index in [2.05, 4.69) is 6.07 Å². The Balaban J connectivity index is 2.65. The minimum absolute atomic E-state index is 0.124. The molecule has 0 spiro atoms. The van der Waals surface area contributed by atoms with Crippen LogP contribution in [0.2, 0.25) is 0 Å². The van der Waals surface area contributed by atoms with Gasteiger partial charge in [0.15, 0.2) is 0 Å². The van der Waals surface area contributed by atoms with Crippen LogP contribution in [-0.4, -0.2) is 4.57 Å². The first-order valence-corrected chi connectivity index (χ1v) is 5.14. The SMILES string of the molecule is Cc1cccc(-n2cc(N)c(=O)cc2C)c1. The third kappa shape index (κ3) is 1.84. The van der Waals surface area contributed by atoms with E-state index in [-0.39, 0.29) is 11.1 Å². The average molecular weight is 214 g/mol. The maximum Gasteiger partial charge on any atom is 0.204 e. The smallest absolute Gasteiger partial charge is 0.204 e. The lowest BCUT2D eigenvalue weighted by molar-refractivity contribution is 0.975. The Morgan fingerprint density at radius 3 is 2.62 bits per heavy atom. The Morgan fingerprint density at radius 1 is 1.19 bits per heavy atom. The fraction of sp³-hybridized carbons (Fsp3) is 0.154. The summed E-state index contributed by atoms with van der Waals surface area (Å²) in [4.78, 5) is 11.4. The van der Waals surface area contributed by atoms with E-state index in [4.69, 9.17) is 5.73 Å². The lowest BCUT2D eigenvalue weighted by Crippen LogP contribution is -2.13. The van der Waals surface area contributed by atoms with Crippen LogP contribution >= 0.6 is 0 Å². The number of pyridine rings is 1. The molecule has 2 N–H and O–H groups in total. The first kappa shape index (κ1) is 10.5. The van der Waals surface area contributed by atoms with Crippen molar-refractivity contribution < 1.29 is 0 Å². The molecule has 82 valence electrons. The van der Waals surface area contributed by atoms with Crippen LogP contribution in [0.5, 0.6) is 0 Å². The zero-order valence-electron chi connectivity index (χ0n) is 9.40. The monoisotopic (exact) mass is 214 g/mol. The molecule has 0 aliphatic rings. The van der Waals surface area contributed by atoms with Crippen molar-refractivity contribution in [2.45, 2.75) is 13.8 Å². The highest BCUT2D eigenvalue weighted by Gasteiger charge is 2.02. The molecule has 0 radical (unpaired) electrons. The summed E-state index contributed by atoms with van der Waals surface area (Å²) < 4.78 is 1.92. The molecule has 0 amide bonds. The minimum Gasteiger partial charge on any atom is -0.394 e. The third-order valence-electron chi connectivity index (χ3n) is 2.55. The lowest BCUT2D eigenvalue weighted by Gasteiger charge is -2.11. The maximum absolute atomic E-state index is 11.4. The van der Waals surface area contributed by atoms with Gasteiger partial charge in [-0.3, -0.25) is 4.79 Å². The Kier molecular flexibility index (Phi) is 2.52. The first-order chi connectivity index (χ1) is 7.58. The van der Waals surface area contributed by atoms with Crippen LogP contribution < -0.4 is 11.2 Å². The highest BCUT2D eigenvalue weighted by atomic mass is 16.1. The number of rotatable bonds is 1. The Morgan fingerprint density at radius 2 is 1.94 bits per heavy atom. The van der Waals surface area contributed by atoms with Crippen molar-refractivity contribution >= 4 is 5.69 Å². The van der Waals surface area contributed by atoms with Gasteiger partial charge in [0.1, 0.15) is 0 Å². The van der Waals surface area contributed by atoms with Crippen molar-refractivity contribution in [1.29, 1.82) is 0 Å². The molecule has 3 heteroatoms. The van der Waals surface area contributed by atoms with Crippen molar-refractivity contribution in [1.82, 2.24) is 4.57 Å². The Bertz CT molecular complexity index is 585. The van der Waals surface area contributed by atoms with Crippen LogP contribution in [0.3, 0.4) is 0 Å². The highest BCUT2D eigenvalue weighted by molar-refractivity contribution is 5.43. The van der Waals surface area contributed by atoms with Crippen LogP contribution in [0.4, 0.5) is 5.69 Å². The van der Waals surface area contributed by atoms with E-state index in [0.717, 1.165) is 11.4 Å². The molecule has 1 aromatic carbocycles. The summed E-state index contributed by atoms with van der Waals surface area (Å²) in [6.07, 6.45) is 1.67. The molecule has 0 saturated heterocycles. The summed E-state index contributed by atoms with van der Waals surface area (Å²) in [6, 6.07) is 9.61. The molecule has 0 fully saturated rings. The quantitative estimate of drug-likeness (QED) is 0.789. The van der Waals surface area contributed by atoms with Gasteiger partial charge in [-0.2, -0.15) is 0 Å². The van der Waals surface area contributed by atoms with E-state index in [1.807, 2.05) is 36.6 Å². The number of benzene rings is 1. The summed E-state index contributed by atoms with van der Waals surface area (Å²) >= 11 is 0. The van der Waals surface area contributed by atoms with Gasteiger partial charge in [-0.15, -0.1) is 0 Å². The number of nitrogens with zero attached hydrogens (tertiary/aromatic N) is 1. The molecular weight excluding hydrogens is 200 g/mol. The van der Waals surface area contributed by atoms with Crippen molar-refractivity contribution in [3.8, 4) is 5.69 Å². The average Bonchev–Trinajstić information content (AvgIpc) is 2.23. The van der Waals surface area contributed by atoms with E-state index in [9.17, 15) is 4.79 Å². The predicted molar refractivity (Wildman–Crippen MR) is 65.9 cm³/mol. The minimum atomic E-state index is -0.124. The van der Waals surface area contributed by atoms with E-state index in [1.54, 1.807) is 12.3 Å². The van der Waals surface area contributed by atoms with Gasteiger partial charge in [-0.25, -0.2) is 0 Å². The van der Waals surface area contributed by atoms with Crippen LogP contribution in [0, 0.1) is 13.8 Å². The summed E-state index contributed by atoms with van der Waals surface area (Å²) in [6.45, 7) is 3.92. The molecule has 0 unspecified atom stereocenters. The number of aromatic nitrogens is 1. The van der Waals surface area contributed by atoms with E-state index in [1.165, 1.54) is 5.56 Å². The predicted octanol–water partition coefficient (Wildman–Crippen LogP) is 2.04. The van der Waals surface area contributed by atoms with Crippen LogP contribution in [0.1, 0.15) is 11.3 Å². The van der Waals surface area contributed by atoms with Crippen LogP contribution in [0.15, 0.2) is 41.3 Å². The molecule has 0 aliphatic heterocycles. The van der Waals surface area contributed by atoms with E-state index in [0.29, 0.717) is 0 Å². The largest absolute Gasteiger partial charge is 0.394 e. The molecule has 0 bridgehead atoms. The second-order valence-electron chi connectivity index (χ2n) is 3.94. The van der Waals surface area contributed by atoms with Gasteiger partial charge >= 0.3 is 0 Å². The molecule has 1 aromatic heterocycles. The standard InChI is InChI=1S/C13H14N2O/c1-9-4-3-5-11(6-9)15-8-12(14)13(16)7-10(15)2/h3-8H,14H2,1-2H3. The summed E-state index contributed by atoms with van der Waals surface area (Å²) in [5.74, 6) is 0. The number of nitrogen functional groups attached to an aromatic ring is 1. The number of nitrogens with two attached hydrogens (primary N) is 1. The van der Waals surface area contributed by atoms with Gasteiger partial charge in [0.25, 0.3) is 0 Å². The maximum atomic E-state index is 11.4.